The van der Waals surface area contributed by atoms with Gasteiger partial charge in [0.15, 0.2) is 10.3 Å². The molecule has 19 heteroatoms. The topological polar surface area (TPSA) is 168 Å². The molecule has 0 bridgehead atoms. The maximum atomic E-state index is 8.99. The van der Waals surface area contributed by atoms with Crippen LogP contribution in [-0.4, -0.2) is 63.0 Å². The largest absolute Gasteiger partial charge is 0.508 e. The molecule has 14 nitrogen and oxygen atoms in total. The van der Waals surface area contributed by atoms with Crippen molar-refractivity contribution in [2.24, 2.45) is 0 Å². The summed E-state index contributed by atoms with van der Waals surface area (Å²) in [5, 5.41) is 31.4. The van der Waals surface area contributed by atoms with E-state index in [-0.39, 0.29) is 28.6 Å². The van der Waals surface area contributed by atoms with Crippen LogP contribution in [0.2, 0.25) is 15.5 Å². The number of hydrogen-bond donors (Lipinski definition) is 1. The predicted molar refractivity (Wildman–Crippen MR) is 142 cm³/mol. The molecule has 6 aromatic rings. The number of nitrogens with zero attached hydrogens (tertiary/aromatic N) is 12. The van der Waals surface area contributed by atoms with E-state index in [0.717, 1.165) is 34.8 Å². The summed E-state index contributed by atoms with van der Waals surface area (Å²) in [6, 6.07) is 13.8. The molecule has 0 aliphatic carbocycles. The molecule has 0 unspecified atom stereocenters. The van der Waals surface area contributed by atoms with E-state index in [0.29, 0.717) is 11.6 Å². The summed E-state index contributed by atoms with van der Waals surface area (Å²) in [5.74, 6) is 1.14. The van der Waals surface area contributed by atoms with Crippen molar-refractivity contribution in [2.75, 3.05) is 0 Å². The van der Waals surface area contributed by atoms with Crippen LogP contribution in [-0.2, 0) is 0 Å². The van der Waals surface area contributed by atoms with Crippen molar-refractivity contribution in [3.63, 3.8) is 0 Å². The van der Waals surface area contributed by atoms with Crippen LogP contribution < -0.4 is 4.74 Å². The van der Waals surface area contributed by atoms with Crippen molar-refractivity contribution in [3.8, 4) is 28.8 Å². The number of tetrazole rings is 2. The highest BCUT2D eigenvalue weighted by molar-refractivity contribution is 7.00. The number of halogens is 3. The van der Waals surface area contributed by atoms with E-state index >= 15 is 0 Å². The van der Waals surface area contributed by atoms with Gasteiger partial charge in [-0.15, -0.1) is 14.6 Å². The molecule has 4 heterocycles. The molecular formula is C19H15Cl3N12O2S2. The summed E-state index contributed by atoms with van der Waals surface area (Å²) in [4.78, 5) is 0. The summed E-state index contributed by atoms with van der Waals surface area (Å²) < 4.78 is 23.4. The maximum Gasteiger partial charge on any atom is 0.270 e. The van der Waals surface area contributed by atoms with Crippen LogP contribution in [0.1, 0.15) is 7.43 Å². The Morgan fingerprint density at radius 2 is 1.13 bits per heavy atom. The Morgan fingerprint density at radius 1 is 0.658 bits per heavy atom. The number of ether oxygens (including phenoxy) is 1. The summed E-state index contributed by atoms with van der Waals surface area (Å²) in [6.07, 6.45) is 3.00. The molecule has 38 heavy (non-hydrogen) atoms. The summed E-state index contributed by atoms with van der Waals surface area (Å²) in [7, 11) is 0. The second-order valence-corrected chi connectivity index (χ2v) is 8.46. The molecule has 196 valence electrons. The average Bonchev–Trinajstić information content (AvgIpc) is 3.73. The van der Waals surface area contributed by atoms with Gasteiger partial charge in [0, 0.05) is 0 Å². The minimum atomic E-state index is 0. The highest BCUT2D eigenvalue weighted by Gasteiger charge is 2.08. The quantitative estimate of drug-likeness (QED) is 0.288. The van der Waals surface area contributed by atoms with Crippen LogP contribution in [0.3, 0.4) is 0 Å². The van der Waals surface area contributed by atoms with Crippen LogP contribution in [0.5, 0.6) is 17.4 Å². The number of aromatic hydroxyl groups is 1. The van der Waals surface area contributed by atoms with Crippen molar-refractivity contribution in [3.05, 3.63) is 76.6 Å². The van der Waals surface area contributed by atoms with Gasteiger partial charge in [-0.25, -0.2) is 9.36 Å². The van der Waals surface area contributed by atoms with E-state index in [2.05, 4.69) is 48.5 Å². The van der Waals surface area contributed by atoms with Crippen LogP contribution in [0.25, 0.3) is 11.4 Å². The minimum Gasteiger partial charge on any atom is -0.508 e. The zero-order valence-corrected chi connectivity index (χ0v) is 21.8. The van der Waals surface area contributed by atoms with E-state index < -0.39 is 0 Å². The lowest BCUT2D eigenvalue weighted by molar-refractivity contribution is 0.468. The second-order valence-electron chi connectivity index (χ2n) is 6.33. The summed E-state index contributed by atoms with van der Waals surface area (Å²) in [6.45, 7) is 0. The Kier molecular flexibility index (Phi) is 10.7. The molecule has 6 rings (SSSR count). The van der Waals surface area contributed by atoms with Gasteiger partial charge in [-0.05, 0) is 69.4 Å². The molecule has 0 spiro atoms. The lowest BCUT2D eigenvalue weighted by Gasteiger charge is -2.03. The van der Waals surface area contributed by atoms with Gasteiger partial charge in [-0.3, -0.25) is 0 Å². The second kappa shape index (κ2) is 14.2. The van der Waals surface area contributed by atoms with Crippen LogP contribution in [0, 0.1) is 0 Å². The third-order valence-corrected chi connectivity index (χ3v) is 6.17. The zero-order chi connectivity index (χ0) is 26.0. The van der Waals surface area contributed by atoms with Gasteiger partial charge in [-0.1, -0.05) is 42.2 Å². The molecule has 0 amide bonds. The number of benzene rings is 2. The molecule has 0 radical (unpaired) electrons. The lowest BCUT2D eigenvalue weighted by atomic mass is 10.3. The van der Waals surface area contributed by atoms with Gasteiger partial charge in [0.25, 0.3) is 5.88 Å². The zero-order valence-electron chi connectivity index (χ0n) is 17.9. The molecule has 0 aliphatic heterocycles. The van der Waals surface area contributed by atoms with Gasteiger partial charge in [0.2, 0.25) is 5.15 Å². The Bertz CT molecular complexity index is 1480. The van der Waals surface area contributed by atoms with Crippen molar-refractivity contribution in [2.45, 2.75) is 7.43 Å². The van der Waals surface area contributed by atoms with Gasteiger partial charge < -0.3 is 9.84 Å². The number of phenolic OH excluding ortho intramolecular Hbond substituents is 1. The van der Waals surface area contributed by atoms with E-state index in [1.807, 2.05) is 12.1 Å². The normalized spacial score (nSPS) is 9.87. The Labute approximate surface area is 238 Å². The first-order valence-electron chi connectivity index (χ1n) is 9.65. The number of rotatable bonds is 4. The SMILES string of the molecule is C.Clc1nsnc1Cl.Clc1nsnc1Oc1ccc(-n2cnnn2)cc1.Oc1ccc(-n2cnnn2)cc1. The minimum absolute atomic E-state index is 0. The smallest absolute Gasteiger partial charge is 0.270 e. The van der Waals surface area contributed by atoms with E-state index in [1.54, 1.807) is 41.1 Å². The maximum absolute atomic E-state index is 8.99. The van der Waals surface area contributed by atoms with E-state index in [9.17, 15) is 0 Å². The number of hydrogen-bond acceptors (Lipinski definition) is 14. The molecule has 2 aromatic carbocycles. The lowest BCUT2D eigenvalue weighted by Crippen LogP contribution is -1.94. The first-order chi connectivity index (χ1) is 18.0. The molecule has 0 saturated carbocycles. The van der Waals surface area contributed by atoms with Crippen LogP contribution in [0.4, 0.5) is 0 Å². The first kappa shape index (κ1) is 28.7. The fourth-order valence-electron chi connectivity index (χ4n) is 2.34. The van der Waals surface area contributed by atoms with E-state index in [4.69, 9.17) is 44.6 Å². The summed E-state index contributed by atoms with van der Waals surface area (Å²) >= 11 is 18.4. The number of aromatic nitrogens is 12. The highest BCUT2D eigenvalue weighted by Crippen LogP contribution is 2.27. The standard InChI is InChI=1S/C9H5ClN6OS.C7H6N4O.C2Cl2N2S.CH4/c10-8-9(13-18-12-8)17-7-3-1-6(2-4-7)16-5-11-14-15-16;12-7-3-1-6(2-4-7)11-5-8-9-10-11;3-1-2(4)6-7-5-1;/h1-5H;1-5,12H;;1H4. The first-order valence-corrected chi connectivity index (χ1v) is 12.2. The van der Waals surface area contributed by atoms with Crippen molar-refractivity contribution >= 4 is 58.3 Å². The van der Waals surface area contributed by atoms with Crippen molar-refractivity contribution < 1.29 is 9.84 Å². The molecule has 4 aromatic heterocycles. The molecule has 0 fully saturated rings. The average molecular weight is 614 g/mol. The van der Waals surface area contributed by atoms with E-state index in [1.165, 1.54) is 17.3 Å². The third kappa shape index (κ3) is 8.09. The van der Waals surface area contributed by atoms with Crippen LogP contribution in [0.15, 0.2) is 61.2 Å². The Morgan fingerprint density at radius 3 is 1.53 bits per heavy atom. The predicted octanol–water partition coefficient (Wildman–Crippen LogP) is 4.81. The fraction of sp³-hybridized carbons (Fsp3) is 0.0526. The van der Waals surface area contributed by atoms with Gasteiger partial charge in [0.1, 0.15) is 24.2 Å². The number of phenols is 1. The fourth-order valence-corrected chi connectivity index (χ4v) is 3.68. The van der Waals surface area contributed by atoms with Crippen LogP contribution >= 0.6 is 58.3 Å². The van der Waals surface area contributed by atoms with Gasteiger partial charge >= 0.3 is 0 Å². The molecule has 0 aliphatic rings. The highest BCUT2D eigenvalue weighted by atomic mass is 35.5. The molecule has 1 N–H and O–H groups in total. The molecular weight excluding hydrogens is 599 g/mol. The van der Waals surface area contributed by atoms with Crippen molar-refractivity contribution in [1.82, 2.24) is 57.9 Å². The molecule has 0 saturated heterocycles. The summed E-state index contributed by atoms with van der Waals surface area (Å²) in [5.41, 5.74) is 1.65. The Balaban J connectivity index is 0.000000173. The van der Waals surface area contributed by atoms with Crippen molar-refractivity contribution in [1.29, 1.82) is 0 Å². The van der Waals surface area contributed by atoms with Gasteiger partial charge in [0.05, 0.1) is 34.8 Å². The monoisotopic (exact) mass is 612 g/mol. The van der Waals surface area contributed by atoms with Gasteiger partial charge in [-0.2, -0.15) is 13.1 Å². The molecule has 0 atom stereocenters. The third-order valence-electron chi connectivity index (χ3n) is 3.96. The Hall–Kier alpha value is -3.83.